The molecule has 1 atom stereocenters. The van der Waals surface area contributed by atoms with Gasteiger partial charge in [0.25, 0.3) is 10.2 Å². The predicted octanol–water partition coefficient (Wildman–Crippen LogP) is 2.49. The summed E-state index contributed by atoms with van der Waals surface area (Å²) in [5.41, 5.74) is 1.17. The lowest BCUT2D eigenvalue weighted by atomic mass is 9.95. The van der Waals surface area contributed by atoms with Crippen LogP contribution in [0.2, 0.25) is 5.02 Å². The molecule has 1 aromatic rings. The van der Waals surface area contributed by atoms with E-state index in [0.29, 0.717) is 44.4 Å². The van der Waals surface area contributed by atoms with Crippen LogP contribution < -0.4 is 0 Å². The second-order valence-electron chi connectivity index (χ2n) is 6.12. The molecule has 2 aliphatic rings. The van der Waals surface area contributed by atoms with Crippen molar-refractivity contribution in [1.29, 1.82) is 0 Å². The Hall–Kier alpha value is -0.660. The molecule has 0 saturated carbocycles. The van der Waals surface area contributed by atoms with Crippen LogP contribution in [-0.2, 0) is 14.9 Å². The van der Waals surface area contributed by atoms with Crippen molar-refractivity contribution in [1.82, 2.24) is 8.61 Å². The van der Waals surface area contributed by atoms with Crippen molar-refractivity contribution < 1.29 is 13.2 Å². The molecule has 2 saturated heterocycles. The highest BCUT2D eigenvalue weighted by Crippen LogP contribution is 2.29. The molecule has 23 heavy (non-hydrogen) atoms. The standard InChI is InChI=1S/C16H23ClN2O3S/c17-16-6-4-14(5-7-16)15-3-1-2-8-19(13-15)23(20,21)18-9-11-22-12-10-18/h4-7,15H,1-3,8-13H2/t15-/m1/s1. The molecule has 0 radical (unpaired) electrons. The van der Waals surface area contributed by atoms with Crippen molar-refractivity contribution in [3.8, 4) is 0 Å². The molecule has 5 nitrogen and oxygen atoms in total. The van der Waals surface area contributed by atoms with Crippen molar-refractivity contribution >= 4 is 21.8 Å². The number of hydrogen-bond acceptors (Lipinski definition) is 3. The molecule has 0 spiro atoms. The SMILES string of the molecule is O=S(=O)(N1CCOCC1)N1CCCC[C@@H](c2ccc(Cl)cc2)C1. The summed E-state index contributed by atoms with van der Waals surface area (Å²) in [5, 5.41) is 0.708. The Morgan fingerprint density at radius 3 is 2.39 bits per heavy atom. The van der Waals surface area contributed by atoms with E-state index in [1.54, 1.807) is 8.61 Å². The third-order valence-electron chi connectivity index (χ3n) is 4.60. The zero-order valence-electron chi connectivity index (χ0n) is 13.2. The van der Waals surface area contributed by atoms with Crippen LogP contribution in [0.3, 0.4) is 0 Å². The Kier molecular flexibility index (Phi) is 5.59. The first kappa shape index (κ1) is 17.2. The van der Waals surface area contributed by atoms with Gasteiger partial charge in [0.05, 0.1) is 13.2 Å². The molecule has 0 unspecified atom stereocenters. The summed E-state index contributed by atoms with van der Waals surface area (Å²) >= 11 is 5.96. The van der Waals surface area contributed by atoms with Crippen LogP contribution in [0.1, 0.15) is 30.7 Å². The van der Waals surface area contributed by atoms with E-state index in [-0.39, 0.29) is 5.92 Å². The summed E-state index contributed by atoms with van der Waals surface area (Å²) < 4.78 is 34.3. The van der Waals surface area contributed by atoms with Gasteiger partial charge in [-0.1, -0.05) is 30.2 Å². The van der Waals surface area contributed by atoms with Crippen molar-refractivity contribution in [3.05, 3.63) is 34.9 Å². The molecule has 0 bridgehead atoms. The number of hydrogen-bond donors (Lipinski definition) is 0. The van der Waals surface area contributed by atoms with Crippen LogP contribution in [0.5, 0.6) is 0 Å². The van der Waals surface area contributed by atoms with E-state index < -0.39 is 10.2 Å². The minimum absolute atomic E-state index is 0.227. The highest BCUT2D eigenvalue weighted by molar-refractivity contribution is 7.86. The molecule has 0 N–H and O–H groups in total. The lowest BCUT2D eigenvalue weighted by molar-refractivity contribution is 0.0701. The maximum atomic E-state index is 12.9. The van der Waals surface area contributed by atoms with E-state index in [1.165, 1.54) is 5.56 Å². The Balaban J connectivity index is 1.77. The van der Waals surface area contributed by atoms with E-state index in [9.17, 15) is 8.42 Å². The summed E-state index contributed by atoms with van der Waals surface area (Å²) in [7, 11) is -3.40. The lowest BCUT2D eigenvalue weighted by Crippen LogP contribution is -2.49. The second-order valence-corrected chi connectivity index (χ2v) is 8.49. The third-order valence-corrected chi connectivity index (χ3v) is 6.85. The molecule has 0 aliphatic carbocycles. The summed E-state index contributed by atoms with van der Waals surface area (Å²) in [4.78, 5) is 0. The quantitative estimate of drug-likeness (QED) is 0.834. The molecule has 0 amide bonds. The normalized spacial score (nSPS) is 25.2. The Morgan fingerprint density at radius 1 is 1.00 bits per heavy atom. The second kappa shape index (κ2) is 7.49. The highest BCUT2D eigenvalue weighted by Gasteiger charge is 2.33. The molecular formula is C16H23ClN2O3S. The molecular weight excluding hydrogens is 336 g/mol. The fourth-order valence-corrected chi connectivity index (χ4v) is 5.06. The topological polar surface area (TPSA) is 49.9 Å². The number of benzene rings is 1. The monoisotopic (exact) mass is 358 g/mol. The molecule has 0 aromatic heterocycles. The Bertz CT molecular complexity index is 615. The van der Waals surface area contributed by atoms with Gasteiger partial charge in [0.1, 0.15) is 0 Å². The van der Waals surface area contributed by atoms with Crippen molar-refractivity contribution in [2.45, 2.75) is 25.2 Å². The average Bonchev–Trinajstić information content (AvgIpc) is 2.83. The molecule has 2 heterocycles. The molecule has 2 fully saturated rings. The Labute approximate surface area is 143 Å². The highest BCUT2D eigenvalue weighted by atomic mass is 35.5. The van der Waals surface area contributed by atoms with Crippen molar-refractivity contribution in [2.75, 3.05) is 39.4 Å². The summed E-state index contributed by atoms with van der Waals surface area (Å²) in [6.45, 7) is 3.00. The smallest absolute Gasteiger partial charge is 0.282 e. The maximum absolute atomic E-state index is 12.9. The van der Waals surface area contributed by atoms with Crippen LogP contribution in [0, 0.1) is 0 Å². The first-order valence-electron chi connectivity index (χ1n) is 8.16. The largest absolute Gasteiger partial charge is 0.379 e. The van der Waals surface area contributed by atoms with Gasteiger partial charge in [-0.2, -0.15) is 17.0 Å². The van der Waals surface area contributed by atoms with Gasteiger partial charge in [0.2, 0.25) is 0 Å². The van der Waals surface area contributed by atoms with Gasteiger partial charge in [-0.25, -0.2) is 0 Å². The van der Waals surface area contributed by atoms with Crippen LogP contribution in [-0.4, -0.2) is 56.4 Å². The average molecular weight is 359 g/mol. The van der Waals surface area contributed by atoms with Crippen LogP contribution in [0.15, 0.2) is 24.3 Å². The first-order chi connectivity index (χ1) is 11.1. The fraction of sp³-hybridized carbons (Fsp3) is 0.625. The molecule has 1 aromatic carbocycles. The fourth-order valence-electron chi connectivity index (χ4n) is 3.26. The van der Waals surface area contributed by atoms with Crippen LogP contribution in [0.25, 0.3) is 0 Å². The van der Waals surface area contributed by atoms with Gasteiger partial charge in [0, 0.05) is 31.2 Å². The summed E-state index contributed by atoms with van der Waals surface area (Å²) in [6, 6.07) is 7.78. The van der Waals surface area contributed by atoms with Gasteiger partial charge in [-0.3, -0.25) is 0 Å². The van der Waals surface area contributed by atoms with Gasteiger partial charge >= 0.3 is 0 Å². The number of halogens is 1. The van der Waals surface area contributed by atoms with Gasteiger partial charge in [-0.15, -0.1) is 0 Å². The Morgan fingerprint density at radius 2 is 1.70 bits per heavy atom. The minimum Gasteiger partial charge on any atom is -0.379 e. The van der Waals surface area contributed by atoms with E-state index in [1.807, 2.05) is 24.3 Å². The molecule has 2 aliphatic heterocycles. The number of rotatable bonds is 3. The minimum atomic E-state index is -3.40. The third kappa shape index (κ3) is 4.06. The van der Waals surface area contributed by atoms with E-state index in [2.05, 4.69) is 0 Å². The van der Waals surface area contributed by atoms with E-state index >= 15 is 0 Å². The van der Waals surface area contributed by atoms with Crippen LogP contribution in [0.4, 0.5) is 0 Å². The first-order valence-corrected chi connectivity index (χ1v) is 9.93. The number of nitrogens with zero attached hydrogens (tertiary/aromatic N) is 2. The van der Waals surface area contributed by atoms with E-state index in [4.69, 9.17) is 16.3 Å². The zero-order chi connectivity index (χ0) is 16.3. The molecule has 3 rings (SSSR count). The van der Waals surface area contributed by atoms with Gasteiger partial charge < -0.3 is 4.74 Å². The zero-order valence-corrected chi connectivity index (χ0v) is 14.7. The van der Waals surface area contributed by atoms with Crippen LogP contribution >= 0.6 is 11.6 Å². The number of ether oxygens (including phenoxy) is 1. The molecule has 128 valence electrons. The summed E-state index contributed by atoms with van der Waals surface area (Å²) in [6.07, 6.45) is 2.97. The lowest BCUT2D eigenvalue weighted by Gasteiger charge is -2.32. The maximum Gasteiger partial charge on any atom is 0.282 e. The van der Waals surface area contributed by atoms with Gasteiger partial charge in [0.15, 0.2) is 0 Å². The van der Waals surface area contributed by atoms with Crippen molar-refractivity contribution in [2.24, 2.45) is 0 Å². The number of morpholine rings is 1. The van der Waals surface area contributed by atoms with Crippen molar-refractivity contribution in [3.63, 3.8) is 0 Å². The van der Waals surface area contributed by atoms with Gasteiger partial charge in [-0.05, 0) is 36.5 Å². The van der Waals surface area contributed by atoms with E-state index in [0.717, 1.165) is 19.3 Å². The molecule has 7 heteroatoms. The summed E-state index contributed by atoms with van der Waals surface area (Å²) in [5.74, 6) is 0.227. The predicted molar refractivity (Wildman–Crippen MR) is 90.9 cm³/mol.